The average Bonchev–Trinajstić information content (AvgIpc) is 3.23. The van der Waals surface area contributed by atoms with Gasteiger partial charge in [-0.05, 0) is 56.0 Å². The molecular weight excluding hydrogens is 391 g/mol. The van der Waals surface area contributed by atoms with Gasteiger partial charge in [-0.15, -0.1) is 0 Å². The van der Waals surface area contributed by atoms with Crippen molar-refractivity contribution in [3.05, 3.63) is 82.2 Å². The number of fused-ring (bicyclic) bond motifs is 1. The van der Waals surface area contributed by atoms with E-state index in [-0.39, 0.29) is 18.4 Å². The molecule has 3 aromatic rings. The molecule has 0 saturated heterocycles. The van der Waals surface area contributed by atoms with Crippen molar-refractivity contribution in [1.29, 1.82) is 0 Å². The van der Waals surface area contributed by atoms with E-state index in [1.54, 1.807) is 19.9 Å². The maximum absolute atomic E-state index is 13.1. The zero-order valence-electron chi connectivity index (χ0n) is 16.8. The summed E-state index contributed by atoms with van der Waals surface area (Å²) in [5.41, 5.74) is 4.02. The Hall–Kier alpha value is -3.09. The number of carbonyl (C=O) groups is 1. The molecule has 1 heterocycles. The molecule has 1 N–H and O–H groups in total. The van der Waals surface area contributed by atoms with Crippen molar-refractivity contribution in [3.8, 4) is 5.69 Å². The predicted molar refractivity (Wildman–Crippen MR) is 107 cm³/mol. The Morgan fingerprint density at radius 3 is 2.70 bits per heavy atom. The second-order valence-corrected chi connectivity index (χ2v) is 7.64. The minimum atomic E-state index is -4.42. The fourth-order valence-electron chi connectivity index (χ4n) is 4.11. The second-order valence-electron chi connectivity index (χ2n) is 7.64. The quantitative estimate of drug-likeness (QED) is 0.664. The highest BCUT2D eigenvalue weighted by Crippen LogP contribution is 2.32. The zero-order chi connectivity index (χ0) is 21.5. The lowest BCUT2D eigenvalue weighted by atomic mass is 10.1. The van der Waals surface area contributed by atoms with Crippen molar-refractivity contribution in [3.63, 3.8) is 0 Å². The minimum Gasteiger partial charge on any atom is -0.349 e. The van der Waals surface area contributed by atoms with Gasteiger partial charge in [0.05, 0.1) is 29.4 Å². The Balaban J connectivity index is 1.54. The van der Waals surface area contributed by atoms with Crippen LogP contribution in [0.25, 0.3) is 5.69 Å². The number of benzene rings is 2. The van der Waals surface area contributed by atoms with Crippen LogP contribution in [-0.4, -0.2) is 15.7 Å². The van der Waals surface area contributed by atoms with Crippen LogP contribution >= 0.6 is 0 Å². The van der Waals surface area contributed by atoms with E-state index in [9.17, 15) is 18.0 Å². The number of aromatic nitrogens is 2. The highest BCUT2D eigenvalue weighted by Gasteiger charge is 2.31. The van der Waals surface area contributed by atoms with Gasteiger partial charge in [-0.2, -0.15) is 18.3 Å². The smallest absolute Gasteiger partial charge is 0.349 e. The van der Waals surface area contributed by atoms with Gasteiger partial charge in [0.1, 0.15) is 0 Å². The molecule has 0 aliphatic heterocycles. The van der Waals surface area contributed by atoms with Crippen LogP contribution in [0.5, 0.6) is 0 Å². The summed E-state index contributed by atoms with van der Waals surface area (Å²) in [6, 6.07) is 13.1. The summed E-state index contributed by atoms with van der Waals surface area (Å²) in [6.45, 7) is 3.54. The molecule has 1 aliphatic carbocycles. The summed E-state index contributed by atoms with van der Waals surface area (Å²) in [5, 5.41) is 7.49. The van der Waals surface area contributed by atoms with Crippen LogP contribution < -0.4 is 5.32 Å². The molecule has 0 radical (unpaired) electrons. The Kier molecular flexibility index (Phi) is 5.13. The molecular formula is C23H22F3N3O. The molecule has 0 spiro atoms. The van der Waals surface area contributed by atoms with E-state index in [2.05, 4.69) is 16.5 Å². The topological polar surface area (TPSA) is 46.9 Å². The van der Waals surface area contributed by atoms with Crippen LogP contribution in [0.4, 0.5) is 13.2 Å². The van der Waals surface area contributed by atoms with Crippen LogP contribution in [0.15, 0.2) is 48.5 Å². The Bertz CT molecular complexity index is 1100. The first-order chi connectivity index (χ1) is 14.2. The van der Waals surface area contributed by atoms with E-state index in [0.29, 0.717) is 17.1 Å². The Labute approximate surface area is 172 Å². The number of hydrogen-bond acceptors (Lipinski definition) is 2. The molecule has 30 heavy (non-hydrogen) atoms. The molecule has 1 atom stereocenters. The van der Waals surface area contributed by atoms with Gasteiger partial charge < -0.3 is 5.32 Å². The molecule has 7 heteroatoms. The third kappa shape index (κ3) is 3.84. The fourth-order valence-corrected chi connectivity index (χ4v) is 4.11. The third-order valence-corrected chi connectivity index (χ3v) is 5.66. The number of nitrogens with zero attached hydrogens (tertiary/aromatic N) is 2. The summed E-state index contributed by atoms with van der Waals surface area (Å²) in [6.07, 6.45) is -2.49. The van der Waals surface area contributed by atoms with Gasteiger partial charge >= 0.3 is 6.18 Å². The second kappa shape index (κ2) is 7.63. The first kappa shape index (κ1) is 20.2. The van der Waals surface area contributed by atoms with E-state index >= 15 is 0 Å². The van der Waals surface area contributed by atoms with E-state index in [1.807, 2.05) is 18.2 Å². The molecule has 0 fully saturated rings. The SMILES string of the molecule is Cc1nn(-c2cccc(C(F)(F)F)c2)c(C)c1CC(=O)NC1CCc2ccccc21. The summed E-state index contributed by atoms with van der Waals surface area (Å²) in [7, 11) is 0. The van der Waals surface area contributed by atoms with Crippen molar-refractivity contribution in [1.82, 2.24) is 15.1 Å². The van der Waals surface area contributed by atoms with Crippen molar-refractivity contribution >= 4 is 5.91 Å². The van der Waals surface area contributed by atoms with Crippen molar-refractivity contribution in [2.75, 3.05) is 0 Å². The molecule has 0 bridgehead atoms. The molecule has 2 aromatic carbocycles. The highest BCUT2D eigenvalue weighted by atomic mass is 19.4. The maximum Gasteiger partial charge on any atom is 0.416 e. The standard InChI is InChI=1S/C23H22F3N3O/c1-14-20(13-22(30)27-21-11-10-16-6-3-4-9-19(16)21)15(2)29(28-14)18-8-5-7-17(12-18)23(24,25)26/h3-9,12,21H,10-11,13H2,1-2H3,(H,27,30). The van der Waals surface area contributed by atoms with Gasteiger partial charge in [0.15, 0.2) is 0 Å². The average molecular weight is 413 g/mol. The molecule has 1 aromatic heterocycles. The number of nitrogens with one attached hydrogen (secondary N) is 1. The number of alkyl halides is 3. The molecule has 0 saturated carbocycles. The largest absolute Gasteiger partial charge is 0.416 e. The summed E-state index contributed by atoms with van der Waals surface area (Å²) >= 11 is 0. The fraction of sp³-hybridized carbons (Fsp3) is 0.304. The minimum absolute atomic E-state index is 0.00664. The first-order valence-corrected chi connectivity index (χ1v) is 9.84. The number of rotatable bonds is 4. The number of carbonyl (C=O) groups excluding carboxylic acids is 1. The number of halogens is 3. The number of aryl methyl sites for hydroxylation is 2. The van der Waals surface area contributed by atoms with Crippen molar-refractivity contribution in [2.45, 2.75) is 45.3 Å². The molecule has 156 valence electrons. The lowest BCUT2D eigenvalue weighted by molar-refractivity contribution is -0.137. The summed E-state index contributed by atoms with van der Waals surface area (Å²) in [5.74, 6) is -0.119. The van der Waals surface area contributed by atoms with E-state index < -0.39 is 11.7 Å². The van der Waals surface area contributed by atoms with E-state index in [1.165, 1.54) is 16.3 Å². The van der Waals surface area contributed by atoms with Gasteiger partial charge in [0.25, 0.3) is 0 Å². The first-order valence-electron chi connectivity index (χ1n) is 9.84. The highest BCUT2D eigenvalue weighted by molar-refractivity contribution is 5.79. The van der Waals surface area contributed by atoms with Gasteiger partial charge in [-0.1, -0.05) is 30.3 Å². The van der Waals surface area contributed by atoms with Crippen molar-refractivity contribution < 1.29 is 18.0 Å². The van der Waals surface area contributed by atoms with Crippen LogP contribution in [0.2, 0.25) is 0 Å². The monoisotopic (exact) mass is 413 g/mol. The normalized spacial score (nSPS) is 15.8. The predicted octanol–water partition coefficient (Wildman–Crippen LogP) is 4.85. The van der Waals surface area contributed by atoms with Gasteiger partial charge in [0, 0.05) is 11.3 Å². The molecule has 4 nitrogen and oxygen atoms in total. The van der Waals surface area contributed by atoms with Gasteiger partial charge in [-0.3, -0.25) is 4.79 Å². The zero-order valence-corrected chi connectivity index (χ0v) is 16.8. The van der Waals surface area contributed by atoms with Gasteiger partial charge in [0.2, 0.25) is 5.91 Å². The third-order valence-electron chi connectivity index (χ3n) is 5.66. The summed E-state index contributed by atoms with van der Waals surface area (Å²) < 4.78 is 40.6. The molecule has 1 aliphatic rings. The van der Waals surface area contributed by atoms with E-state index in [4.69, 9.17) is 0 Å². The van der Waals surface area contributed by atoms with Crippen LogP contribution in [-0.2, 0) is 23.8 Å². The molecule has 4 rings (SSSR count). The van der Waals surface area contributed by atoms with Crippen LogP contribution in [0.1, 0.15) is 46.1 Å². The van der Waals surface area contributed by atoms with Crippen molar-refractivity contribution in [2.24, 2.45) is 0 Å². The Morgan fingerprint density at radius 1 is 1.17 bits per heavy atom. The van der Waals surface area contributed by atoms with Gasteiger partial charge in [-0.25, -0.2) is 4.68 Å². The summed E-state index contributed by atoms with van der Waals surface area (Å²) in [4.78, 5) is 12.7. The van der Waals surface area contributed by atoms with Crippen LogP contribution in [0.3, 0.4) is 0 Å². The maximum atomic E-state index is 13.1. The molecule has 1 unspecified atom stereocenters. The Morgan fingerprint density at radius 2 is 1.93 bits per heavy atom. The number of hydrogen-bond donors (Lipinski definition) is 1. The lowest BCUT2D eigenvalue weighted by Crippen LogP contribution is -2.28. The lowest BCUT2D eigenvalue weighted by Gasteiger charge is -2.14. The molecule has 1 amide bonds. The van der Waals surface area contributed by atoms with Crippen LogP contribution in [0, 0.1) is 13.8 Å². The number of amides is 1. The van der Waals surface area contributed by atoms with E-state index in [0.717, 1.165) is 36.1 Å².